The summed E-state index contributed by atoms with van der Waals surface area (Å²) in [5.74, 6) is 0. The van der Waals surface area contributed by atoms with Gasteiger partial charge in [-0.15, -0.1) is 0 Å². The maximum absolute atomic E-state index is 9.52. The van der Waals surface area contributed by atoms with Crippen LogP contribution in [-0.4, -0.2) is 21.7 Å². The van der Waals surface area contributed by atoms with Crippen molar-refractivity contribution in [3.63, 3.8) is 0 Å². The maximum Gasteiger partial charge on any atom is 0.488 e. The van der Waals surface area contributed by atoms with Gasteiger partial charge in [0.1, 0.15) is 0 Å². The Balaban J connectivity index is 2.12. The first kappa shape index (κ1) is 14.5. The fourth-order valence-corrected chi connectivity index (χ4v) is 3.57. The molecule has 4 aromatic rings. The predicted molar refractivity (Wildman–Crippen MR) is 98.3 cm³/mol. The van der Waals surface area contributed by atoms with Crippen molar-refractivity contribution in [2.24, 2.45) is 0 Å². The van der Waals surface area contributed by atoms with Crippen molar-refractivity contribution >= 4 is 50.3 Å². The van der Waals surface area contributed by atoms with Crippen LogP contribution in [0.2, 0.25) is 0 Å². The minimum atomic E-state index is -1.50. The van der Waals surface area contributed by atoms with Gasteiger partial charge in [0.25, 0.3) is 0 Å². The Labute approximate surface area is 142 Å². The SMILES string of the molecule is OB(O)c1cc(Br)cc(-n2c3ccccc3c3ccccc32)c1. The molecule has 2 N–H and O–H groups in total. The van der Waals surface area contributed by atoms with Gasteiger partial charge < -0.3 is 14.6 Å². The zero-order chi connectivity index (χ0) is 16.0. The zero-order valence-electron chi connectivity index (χ0n) is 12.1. The van der Waals surface area contributed by atoms with Gasteiger partial charge in [0.15, 0.2) is 0 Å². The smallest absolute Gasteiger partial charge is 0.423 e. The number of para-hydroxylation sites is 2. The molecule has 0 radical (unpaired) electrons. The van der Waals surface area contributed by atoms with E-state index in [-0.39, 0.29) is 0 Å². The molecular formula is C18H13BBrNO2. The number of hydrogen-bond acceptors (Lipinski definition) is 2. The topological polar surface area (TPSA) is 45.4 Å². The van der Waals surface area contributed by atoms with Crippen molar-refractivity contribution in [1.29, 1.82) is 0 Å². The number of benzene rings is 3. The standard InChI is InChI=1S/C18H13BBrNO2/c20-13-9-12(19(22)23)10-14(11-13)21-17-7-3-1-5-15(17)16-6-2-4-8-18(16)21/h1-11,22-23H. The van der Waals surface area contributed by atoms with Gasteiger partial charge in [-0.05, 0) is 35.8 Å². The highest BCUT2D eigenvalue weighted by Crippen LogP contribution is 2.32. The van der Waals surface area contributed by atoms with Crippen LogP contribution in [0.25, 0.3) is 27.5 Å². The van der Waals surface area contributed by atoms with E-state index in [4.69, 9.17) is 0 Å². The van der Waals surface area contributed by atoms with Gasteiger partial charge in [-0.2, -0.15) is 0 Å². The number of fused-ring (bicyclic) bond motifs is 3. The minimum absolute atomic E-state index is 0.455. The molecule has 112 valence electrons. The van der Waals surface area contributed by atoms with Crippen LogP contribution in [0.15, 0.2) is 71.2 Å². The third-order valence-corrected chi connectivity index (χ3v) is 4.50. The Morgan fingerprint density at radius 1 is 0.783 bits per heavy atom. The van der Waals surface area contributed by atoms with Crippen molar-refractivity contribution in [2.45, 2.75) is 0 Å². The summed E-state index contributed by atoms with van der Waals surface area (Å²) in [4.78, 5) is 0. The van der Waals surface area contributed by atoms with Crippen molar-refractivity contribution in [2.75, 3.05) is 0 Å². The van der Waals surface area contributed by atoms with Crippen molar-refractivity contribution in [1.82, 2.24) is 4.57 Å². The van der Waals surface area contributed by atoms with E-state index in [1.165, 1.54) is 10.8 Å². The lowest BCUT2D eigenvalue weighted by Gasteiger charge is -2.11. The minimum Gasteiger partial charge on any atom is -0.423 e. The van der Waals surface area contributed by atoms with E-state index in [0.717, 1.165) is 21.2 Å². The monoisotopic (exact) mass is 365 g/mol. The number of nitrogens with zero attached hydrogens (tertiary/aromatic N) is 1. The summed E-state index contributed by atoms with van der Waals surface area (Å²) in [6.45, 7) is 0. The molecule has 5 heteroatoms. The summed E-state index contributed by atoms with van der Waals surface area (Å²) >= 11 is 3.46. The van der Waals surface area contributed by atoms with E-state index in [1.54, 1.807) is 12.1 Å². The predicted octanol–water partition coefficient (Wildman–Crippen LogP) is 3.23. The van der Waals surface area contributed by atoms with Crippen LogP contribution >= 0.6 is 15.9 Å². The molecule has 1 aromatic heterocycles. The third kappa shape index (κ3) is 2.37. The number of rotatable bonds is 2. The van der Waals surface area contributed by atoms with Gasteiger partial charge in [-0.1, -0.05) is 52.3 Å². The Hall–Kier alpha value is -2.08. The molecular weight excluding hydrogens is 353 g/mol. The molecule has 0 unspecified atom stereocenters. The lowest BCUT2D eigenvalue weighted by molar-refractivity contribution is 0.425. The summed E-state index contributed by atoms with van der Waals surface area (Å²) in [6, 6.07) is 21.9. The van der Waals surface area contributed by atoms with Crippen LogP contribution in [0.1, 0.15) is 0 Å². The van der Waals surface area contributed by atoms with Gasteiger partial charge in [0, 0.05) is 20.9 Å². The summed E-state index contributed by atoms with van der Waals surface area (Å²) in [7, 11) is -1.50. The molecule has 0 fully saturated rings. The average molecular weight is 366 g/mol. The van der Waals surface area contributed by atoms with E-state index in [9.17, 15) is 10.0 Å². The Morgan fingerprint density at radius 3 is 1.91 bits per heavy atom. The molecule has 0 aliphatic carbocycles. The zero-order valence-corrected chi connectivity index (χ0v) is 13.7. The molecule has 1 heterocycles. The number of aromatic nitrogens is 1. The van der Waals surface area contributed by atoms with E-state index in [1.807, 2.05) is 30.3 Å². The Kier molecular flexibility index (Phi) is 3.49. The molecule has 0 spiro atoms. The summed E-state index contributed by atoms with van der Waals surface area (Å²) < 4.78 is 2.95. The lowest BCUT2D eigenvalue weighted by atomic mass is 9.80. The van der Waals surface area contributed by atoms with Gasteiger partial charge in [0.2, 0.25) is 0 Å². The highest BCUT2D eigenvalue weighted by atomic mass is 79.9. The van der Waals surface area contributed by atoms with Crippen molar-refractivity contribution in [3.8, 4) is 5.69 Å². The van der Waals surface area contributed by atoms with Gasteiger partial charge >= 0.3 is 7.12 Å². The average Bonchev–Trinajstić information content (AvgIpc) is 2.89. The van der Waals surface area contributed by atoms with E-state index in [2.05, 4.69) is 44.8 Å². The van der Waals surface area contributed by atoms with Crippen LogP contribution in [0.3, 0.4) is 0 Å². The summed E-state index contributed by atoms with van der Waals surface area (Å²) in [5, 5.41) is 21.4. The van der Waals surface area contributed by atoms with Gasteiger partial charge in [0.05, 0.1) is 11.0 Å². The largest absolute Gasteiger partial charge is 0.488 e. The maximum atomic E-state index is 9.52. The van der Waals surface area contributed by atoms with E-state index in [0.29, 0.717) is 5.46 Å². The number of hydrogen-bond donors (Lipinski definition) is 2. The first-order chi connectivity index (χ1) is 11.1. The normalized spacial score (nSPS) is 11.3. The molecule has 0 atom stereocenters. The fraction of sp³-hybridized carbons (Fsp3) is 0. The molecule has 3 nitrogen and oxygen atoms in total. The quantitative estimate of drug-likeness (QED) is 0.536. The molecule has 0 amide bonds. The molecule has 0 bridgehead atoms. The molecule has 0 aliphatic heterocycles. The summed E-state index contributed by atoms with van der Waals surface area (Å²) in [6.07, 6.45) is 0. The van der Waals surface area contributed by atoms with Crippen LogP contribution in [0, 0.1) is 0 Å². The second kappa shape index (κ2) is 5.53. The third-order valence-electron chi connectivity index (χ3n) is 4.04. The molecule has 0 saturated heterocycles. The first-order valence-corrected chi connectivity index (χ1v) is 8.09. The van der Waals surface area contributed by atoms with E-state index >= 15 is 0 Å². The molecule has 0 aliphatic rings. The van der Waals surface area contributed by atoms with Crippen molar-refractivity contribution < 1.29 is 10.0 Å². The highest BCUT2D eigenvalue weighted by Gasteiger charge is 2.16. The fourth-order valence-electron chi connectivity index (χ4n) is 3.08. The van der Waals surface area contributed by atoms with E-state index < -0.39 is 7.12 Å². The first-order valence-electron chi connectivity index (χ1n) is 7.30. The second-order valence-corrected chi connectivity index (χ2v) is 6.40. The Bertz CT molecular complexity index is 973. The molecule has 23 heavy (non-hydrogen) atoms. The van der Waals surface area contributed by atoms with Crippen molar-refractivity contribution in [3.05, 3.63) is 71.2 Å². The van der Waals surface area contributed by atoms with Crippen LogP contribution in [0.5, 0.6) is 0 Å². The molecule has 4 rings (SSSR count). The van der Waals surface area contributed by atoms with Crippen LogP contribution in [-0.2, 0) is 0 Å². The summed E-state index contributed by atoms with van der Waals surface area (Å²) in [5.41, 5.74) is 3.52. The van der Waals surface area contributed by atoms with Gasteiger partial charge in [-0.3, -0.25) is 0 Å². The Morgan fingerprint density at radius 2 is 1.35 bits per heavy atom. The van der Waals surface area contributed by atoms with Crippen LogP contribution in [0.4, 0.5) is 0 Å². The molecule has 0 saturated carbocycles. The van der Waals surface area contributed by atoms with Gasteiger partial charge in [-0.25, -0.2) is 0 Å². The second-order valence-electron chi connectivity index (χ2n) is 5.49. The number of halogens is 1. The van der Waals surface area contributed by atoms with Crippen LogP contribution < -0.4 is 5.46 Å². The highest BCUT2D eigenvalue weighted by molar-refractivity contribution is 9.10. The lowest BCUT2D eigenvalue weighted by Crippen LogP contribution is -2.30. The molecule has 3 aromatic carbocycles.